The average molecular weight is 232 g/mol. The Morgan fingerprint density at radius 3 is 2.88 bits per heavy atom. The molecule has 0 aromatic heterocycles. The molecule has 0 bridgehead atoms. The summed E-state index contributed by atoms with van der Waals surface area (Å²) < 4.78 is 0. The van der Waals surface area contributed by atoms with Crippen molar-refractivity contribution in [2.75, 3.05) is 13.1 Å². The second kappa shape index (κ2) is 5.32. The number of hydrogen-bond acceptors (Lipinski definition) is 2. The highest BCUT2D eigenvalue weighted by Crippen LogP contribution is 2.33. The van der Waals surface area contributed by atoms with Crippen LogP contribution in [0.4, 0.5) is 0 Å². The van der Waals surface area contributed by atoms with Gasteiger partial charge in [-0.3, -0.25) is 4.79 Å². The van der Waals surface area contributed by atoms with Crippen LogP contribution in [0.3, 0.4) is 0 Å². The maximum absolute atomic E-state index is 11.4. The normalized spacial score (nSPS) is 17.5. The molecular weight excluding hydrogens is 212 g/mol. The van der Waals surface area contributed by atoms with Gasteiger partial charge in [0.1, 0.15) is 0 Å². The molecule has 3 heteroatoms. The van der Waals surface area contributed by atoms with Gasteiger partial charge < -0.3 is 10.6 Å². The van der Waals surface area contributed by atoms with Crippen molar-refractivity contribution >= 4 is 5.91 Å². The zero-order valence-electron chi connectivity index (χ0n) is 10.5. The second-order valence-corrected chi connectivity index (χ2v) is 4.95. The van der Waals surface area contributed by atoms with Crippen LogP contribution >= 0.6 is 0 Å². The lowest BCUT2D eigenvalue weighted by molar-refractivity contribution is -0.120. The molecule has 1 atom stereocenters. The van der Waals surface area contributed by atoms with E-state index in [0.29, 0.717) is 12.5 Å². The molecule has 1 amide bonds. The van der Waals surface area contributed by atoms with Gasteiger partial charge in [0.2, 0.25) is 5.91 Å². The summed E-state index contributed by atoms with van der Waals surface area (Å²) in [6.07, 6.45) is 1.13. The number of fused-ring (bicyclic) bond motifs is 1. The fraction of sp³-hybridized carbons (Fsp3) is 0.500. The van der Waals surface area contributed by atoms with Gasteiger partial charge in [0.05, 0.1) is 6.54 Å². The first kappa shape index (κ1) is 12.1. The third-order valence-corrected chi connectivity index (χ3v) is 3.09. The van der Waals surface area contributed by atoms with Crippen LogP contribution in [0, 0.1) is 0 Å². The highest BCUT2D eigenvalue weighted by Gasteiger charge is 2.24. The zero-order chi connectivity index (χ0) is 12.3. The van der Waals surface area contributed by atoms with E-state index in [9.17, 15) is 4.79 Å². The fourth-order valence-electron chi connectivity index (χ4n) is 2.28. The number of carbonyl (C=O) groups excluding carboxylic acids is 1. The number of rotatable bonds is 5. The van der Waals surface area contributed by atoms with Crippen LogP contribution < -0.4 is 10.6 Å². The molecule has 0 radical (unpaired) electrons. The molecule has 2 N–H and O–H groups in total. The van der Waals surface area contributed by atoms with Crippen molar-refractivity contribution in [3.05, 3.63) is 35.4 Å². The average Bonchev–Trinajstić information content (AvgIpc) is 2.23. The zero-order valence-corrected chi connectivity index (χ0v) is 10.5. The van der Waals surface area contributed by atoms with Crippen LogP contribution in [0.1, 0.15) is 30.9 Å². The second-order valence-electron chi connectivity index (χ2n) is 4.95. The summed E-state index contributed by atoms with van der Waals surface area (Å²) >= 11 is 0. The van der Waals surface area contributed by atoms with Crippen molar-refractivity contribution in [1.82, 2.24) is 10.6 Å². The van der Waals surface area contributed by atoms with Gasteiger partial charge in [0.25, 0.3) is 0 Å². The monoisotopic (exact) mass is 232 g/mol. The molecule has 0 heterocycles. The largest absolute Gasteiger partial charge is 0.353 e. The topological polar surface area (TPSA) is 41.1 Å². The summed E-state index contributed by atoms with van der Waals surface area (Å²) in [4.78, 5) is 11.4. The van der Waals surface area contributed by atoms with Gasteiger partial charge in [-0.05, 0) is 31.4 Å². The summed E-state index contributed by atoms with van der Waals surface area (Å²) in [5, 5.41) is 6.09. The molecule has 92 valence electrons. The number of amides is 1. The fourth-order valence-corrected chi connectivity index (χ4v) is 2.28. The Bertz CT molecular complexity index is 401. The van der Waals surface area contributed by atoms with Gasteiger partial charge >= 0.3 is 0 Å². The summed E-state index contributed by atoms with van der Waals surface area (Å²) in [6.45, 7) is 5.25. The van der Waals surface area contributed by atoms with E-state index in [-0.39, 0.29) is 11.9 Å². The van der Waals surface area contributed by atoms with Crippen molar-refractivity contribution in [2.45, 2.75) is 32.2 Å². The summed E-state index contributed by atoms with van der Waals surface area (Å²) in [5.41, 5.74) is 2.88. The molecule has 0 aliphatic heterocycles. The lowest BCUT2D eigenvalue weighted by Gasteiger charge is -2.30. The summed E-state index contributed by atoms with van der Waals surface area (Å²) in [6, 6.07) is 8.74. The Labute approximate surface area is 103 Å². The lowest BCUT2D eigenvalue weighted by Crippen LogP contribution is -2.40. The molecule has 2 rings (SSSR count). The van der Waals surface area contributed by atoms with Crippen LogP contribution in [0.25, 0.3) is 0 Å². The smallest absolute Gasteiger partial charge is 0.234 e. The molecule has 1 aliphatic rings. The SMILES string of the molecule is CC(C)NC(=O)CNCC1Cc2ccccc21. The van der Waals surface area contributed by atoms with Gasteiger partial charge in [0.15, 0.2) is 0 Å². The minimum atomic E-state index is 0.0765. The first-order chi connectivity index (χ1) is 8.16. The number of hydrogen-bond donors (Lipinski definition) is 2. The van der Waals surface area contributed by atoms with Gasteiger partial charge in [0, 0.05) is 18.5 Å². The molecule has 17 heavy (non-hydrogen) atoms. The van der Waals surface area contributed by atoms with Gasteiger partial charge in [-0.25, -0.2) is 0 Å². The first-order valence-electron chi connectivity index (χ1n) is 6.24. The van der Waals surface area contributed by atoms with Gasteiger partial charge in [-0.15, -0.1) is 0 Å². The van der Waals surface area contributed by atoms with Crippen LogP contribution in [-0.4, -0.2) is 25.0 Å². The van der Waals surface area contributed by atoms with Gasteiger partial charge in [-0.2, -0.15) is 0 Å². The molecule has 1 aromatic rings. The molecule has 0 saturated carbocycles. The van der Waals surface area contributed by atoms with Crippen LogP contribution in [0.2, 0.25) is 0 Å². The highest BCUT2D eigenvalue weighted by molar-refractivity contribution is 5.78. The van der Waals surface area contributed by atoms with E-state index in [1.54, 1.807) is 0 Å². The lowest BCUT2D eigenvalue weighted by atomic mass is 9.78. The van der Waals surface area contributed by atoms with Crippen molar-refractivity contribution in [2.24, 2.45) is 0 Å². The standard InChI is InChI=1S/C14H20N2O/c1-10(2)16-14(17)9-15-8-12-7-11-5-3-4-6-13(11)12/h3-6,10,12,15H,7-9H2,1-2H3,(H,16,17). The van der Waals surface area contributed by atoms with Crippen molar-refractivity contribution in [3.8, 4) is 0 Å². The molecule has 0 saturated heterocycles. The van der Waals surface area contributed by atoms with Crippen molar-refractivity contribution in [3.63, 3.8) is 0 Å². The molecule has 1 aromatic carbocycles. The Morgan fingerprint density at radius 1 is 1.41 bits per heavy atom. The first-order valence-corrected chi connectivity index (χ1v) is 6.24. The van der Waals surface area contributed by atoms with E-state index in [2.05, 4.69) is 34.9 Å². The molecular formula is C14H20N2O. The van der Waals surface area contributed by atoms with E-state index in [1.807, 2.05) is 13.8 Å². The summed E-state index contributed by atoms with van der Waals surface area (Å²) in [5.74, 6) is 0.658. The minimum absolute atomic E-state index is 0.0765. The predicted molar refractivity (Wildman–Crippen MR) is 69.0 cm³/mol. The molecule has 3 nitrogen and oxygen atoms in total. The third kappa shape index (κ3) is 3.07. The summed E-state index contributed by atoms with van der Waals surface area (Å²) in [7, 11) is 0. The molecule has 0 spiro atoms. The van der Waals surface area contributed by atoms with Crippen molar-refractivity contribution in [1.29, 1.82) is 0 Å². The maximum atomic E-state index is 11.4. The van der Waals surface area contributed by atoms with Gasteiger partial charge in [-0.1, -0.05) is 24.3 Å². The highest BCUT2D eigenvalue weighted by atomic mass is 16.1. The Balaban J connectivity index is 1.70. The number of nitrogens with one attached hydrogen (secondary N) is 2. The Kier molecular flexibility index (Phi) is 3.79. The molecule has 1 unspecified atom stereocenters. The molecule has 1 aliphatic carbocycles. The quantitative estimate of drug-likeness (QED) is 0.806. The van der Waals surface area contributed by atoms with E-state index in [4.69, 9.17) is 0 Å². The Morgan fingerprint density at radius 2 is 2.18 bits per heavy atom. The van der Waals surface area contributed by atoms with E-state index < -0.39 is 0 Å². The van der Waals surface area contributed by atoms with E-state index in [0.717, 1.165) is 13.0 Å². The van der Waals surface area contributed by atoms with E-state index >= 15 is 0 Å². The van der Waals surface area contributed by atoms with Crippen LogP contribution in [0.5, 0.6) is 0 Å². The number of benzene rings is 1. The Hall–Kier alpha value is -1.35. The maximum Gasteiger partial charge on any atom is 0.234 e. The minimum Gasteiger partial charge on any atom is -0.353 e. The van der Waals surface area contributed by atoms with E-state index in [1.165, 1.54) is 11.1 Å². The van der Waals surface area contributed by atoms with Crippen LogP contribution in [-0.2, 0) is 11.2 Å². The molecule has 0 fully saturated rings. The van der Waals surface area contributed by atoms with Crippen LogP contribution in [0.15, 0.2) is 24.3 Å². The van der Waals surface area contributed by atoms with Crippen molar-refractivity contribution < 1.29 is 4.79 Å². The number of carbonyl (C=O) groups is 1. The predicted octanol–water partition coefficient (Wildman–Crippen LogP) is 1.44. The third-order valence-electron chi connectivity index (χ3n) is 3.09.